The fraction of sp³-hybridized carbons (Fsp3) is 0.471. The van der Waals surface area contributed by atoms with Crippen LogP contribution in [0.15, 0.2) is 29.4 Å². The third-order valence-electron chi connectivity index (χ3n) is 4.31. The minimum absolute atomic E-state index is 0.0923. The fourth-order valence-corrected chi connectivity index (χ4v) is 4.01. The molecule has 0 saturated carbocycles. The van der Waals surface area contributed by atoms with Crippen LogP contribution in [0.5, 0.6) is 0 Å². The Balaban J connectivity index is 1.64. The van der Waals surface area contributed by atoms with E-state index in [1.54, 1.807) is 12.1 Å². The molecule has 2 heterocycles. The van der Waals surface area contributed by atoms with E-state index in [2.05, 4.69) is 24.0 Å². The second kappa shape index (κ2) is 7.43. The molecule has 1 saturated heterocycles. The number of aromatic nitrogens is 3. The lowest BCUT2D eigenvalue weighted by atomic mass is 9.92. The number of rotatable bonds is 4. The summed E-state index contributed by atoms with van der Waals surface area (Å²) in [7, 11) is 0. The number of piperidine rings is 1. The van der Waals surface area contributed by atoms with Gasteiger partial charge < -0.3 is 10.7 Å². The summed E-state index contributed by atoms with van der Waals surface area (Å²) < 4.78 is 14.4. The molecular formula is C17H22FN5OS. The zero-order valence-corrected chi connectivity index (χ0v) is 15.2. The summed E-state index contributed by atoms with van der Waals surface area (Å²) in [5.74, 6) is 7.58. The molecule has 1 amide bonds. The van der Waals surface area contributed by atoms with Crippen molar-refractivity contribution in [3.8, 4) is 11.4 Å². The summed E-state index contributed by atoms with van der Waals surface area (Å²) in [5.41, 5.74) is 0.674. The lowest BCUT2D eigenvalue weighted by molar-refractivity contribution is -0.130. The van der Waals surface area contributed by atoms with Crippen LogP contribution in [-0.2, 0) is 4.79 Å². The number of likely N-dealkylation sites (tertiary alicyclic amines) is 1. The van der Waals surface area contributed by atoms with Gasteiger partial charge in [-0.3, -0.25) is 4.79 Å². The maximum absolute atomic E-state index is 13.0. The first kappa shape index (κ1) is 17.7. The highest BCUT2D eigenvalue weighted by atomic mass is 32.2. The molecule has 3 rings (SSSR count). The van der Waals surface area contributed by atoms with Crippen molar-refractivity contribution in [2.24, 2.45) is 11.8 Å². The zero-order chi connectivity index (χ0) is 18.0. The summed E-state index contributed by atoms with van der Waals surface area (Å²) in [5, 5.41) is 8.56. The van der Waals surface area contributed by atoms with Gasteiger partial charge in [0.05, 0.1) is 5.75 Å². The van der Waals surface area contributed by atoms with Crippen molar-refractivity contribution in [3.05, 3.63) is 30.1 Å². The Morgan fingerprint density at radius 3 is 2.52 bits per heavy atom. The first-order valence-electron chi connectivity index (χ1n) is 8.31. The molecule has 0 bridgehead atoms. The predicted octanol–water partition coefficient (Wildman–Crippen LogP) is 2.39. The molecule has 1 aliphatic heterocycles. The first-order chi connectivity index (χ1) is 11.9. The van der Waals surface area contributed by atoms with Crippen LogP contribution in [0.3, 0.4) is 0 Å². The Morgan fingerprint density at radius 2 is 1.88 bits per heavy atom. The number of benzene rings is 1. The maximum Gasteiger partial charge on any atom is 0.233 e. The summed E-state index contributed by atoms with van der Waals surface area (Å²) in [6.45, 7) is 5.96. The number of nitrogens with zero attached hydrogens (tertiary/aromatic N) is 4. The van der Waals surface area contributed by atoms with Crippen LogP contribution in [0.4, 0.5) is 4.39 Å². The summed E-state index contributed by atoms with van der Waals surface area (Å²) in [6, 6.07) is 5.88. The smallest absolute Gasteiger partial charge is 0.233 e. The van der Waals surface area contributed by atoms with Gasteiger partial charge in [-0.25, -0.2) is 9.07 Å². The number of hydrogen-bond donors (Lipinski definition) is 1. The van der Waals surface area contributed by atoms with Gasteiger partial charge in [-0.05, 0) is 42.5 Å². The van der Waals surface area contributed by atoms with E-state index in [4.69, 9.17) is 5.84 Å². The molecule has 6 nitrogen and oxygen atoms in total. The Morgan fingerprint density at radius 1 is 1.24 bits per heavy atom. The standard InChI is InChI=1S/C17H22FN5OS/c1-11-7-12(2)9-22(8-11)15(24)10-25-17-21-20-16(23(17)19)13-3-5-14(18)6-4-13/h3-6,11-12H,7-10,19H2,1-2H3/t11-,12-/m0/s1. The molecule has 134 valence electrons. The van der Waals surface area contributed by atoms with Crippen molar-refractivity contribution < 1.29 is 9.18 Å². The number of nitrogen functional groups attached to an aromatic ring is 1. The number of hydrogen-bond acceptors (Lipinski definition) is 5. The van der Waals surface area contributed by atoms with Gasteiger partial charge in [-0.2, -0.15) is 0 Å². The number of amides is 1. The van der Waals surface area contributed by atoms with Gasteiger partial charge in [0.2, 0.25) is 11.1 Å². The monoisotopic (exact) mass is 363 g/mol. The molecule has 1 fully saturated rings. The zero-order valence-electron chi connectivity index (χ0n) is 14.4. The van der Waals surface area contributed by atoms with Crippen LogP contribution in [0, 0.1) is 17.7 Å². The third-order valence-corrected chi connectivity index (χ3v) is 5.24. The third kappa shape index (κ3) is 4.12. The van der Waals surface area contributed by atoms with Crippen LogP contribution in [0.1, 0.15) is 20.3 Å². The highest BCUT2D eigenvalue weighted by Gasteiger charge is 2.25. The second-order valence-corrected chi connectivity index (χ2v) is 7.66. The Labute approximate surface area is 150 Å². The maximum atomic E-state index is 13.0. The van der Waals surface area contributed by atoms with Gasteiger partial charge in [0.1, 0.15) is 5.82 Å². The van der Waals surface area contributed by atoms with E-state index in [1.165, 1.54) is 28.6 Å². The van der Waals surface area contributed by atoms with Gasteiger partial charge in [-0.1, -0.05) is 25.6 Å². The molecule has 1 aliphatic rings. The Kier molecular flexibility index (Phi) is 5.27. The van der Waals surface area contributed by atoms with Crippen LogP contribution >= 0.6 is 11.8 Å². The number of thioether (sulfide) groups is 1. The van der Waals surface area contributed by atoms with Crippen molar-refractivity contribution in [2.75, 3.05) is 24.7 Å². The molecule has 0 spiro atoms. The van der Waals surface area contributed by atoms with E-state index in [1.807, 2.05) is 4.90 Å². The molecule has 0 aliphatic carbocycles. The van der Waals surface area contributed by atoms with E-state index in [-0.39, 0.29) is 17.5 Å². The predicted molar refractivity (Wildman–Crippen MR) is 95.8 cm³/mol. The SMILES string of the molecule is C[C@H]1C[C@H](C)CN(C(=O)CSc2nnc(-c3ccc(F)cc3)n2N)C1. The van der Waals surface area contributed by atoms with E-state index in [0.29, 0.717) is 28.4 Å². The molecule has 1 aromatic carbocycles. The number of carbonyl (C=O) groups is 1. The molecule has 0 radical (unpaired) electrons. The normalized spacial score (nSPS) is 20.7. The minimum Gasteiger partial charge on any atom is -0.341 e. The van der Waals surface area contributed by atoms with Gasteiger partial charge in [0.25, 0.3) is 0 Å². The van der Waals surface area contributed by atoms with E-state index in [9.17, 15) is 9.18 Å². The number of carbonyl (C=O) groups excluding carboxylic acids is 1. The molecule has 25 heavy (non-hydrogen) atoms. The number of nitrogens with two attached hydrogens (primary N) is 1. The molecule has 1 aromatic heterocycles. The largest absolute Gasteiger partial charge is 0.341 e. The van der Waals surface area contributed by atoms with Crippen LogP contribution in [0.2, 0.25) is 0 Å². The number of halogens is 1. The highest BCUT2D eigenvalue weighted by molar-refractivity contribution is 7.99. The molecule has 2 aromatic rings. The highest BCUT2D eigenvalue weighted by Crippen LogP contribution is 2.24. The van der Waals surface area contributed by atoms with Crippen molar-refractivity contribution in [1.82, 2.24) is 19.8 Å². The van der Waals surface area contributed by atoms with Crippen molar-refractivity contribution in [1.29, 1.82) is 0 Å². The van der Waals surface area contributed by atoms with Gasteiger partial charge >= 0.3 is 0 Å². The lowest BCUT2D eigenvalue weighted by Gasteiger charge is -2.34. The van der Waals surface area contributed by atoms with Crippen LogP contribution in [-0.4, -0.2) is 44.5 Å². The van der Waals surface area contributed by atoms with E-state index < -0.39 is 0 Å². The van der Waals surface area contributed by atoms with Crippen molar-refractivity contribution in [3.63, 3.8) is 0 Å². The summed E-state index contributed by atoms with van der Waals surface area (Å²) in [6.07, 6.45) is 1.16. The molecular weight excluding hydrogens is 341 g/mol. The average Bonchev–Trinajstić information content (AvgIpc) is 2.93. The molecule has 0 unspecified atom stereocenters. The second-order valence-electron chi connectivity index (χ2n) is 6.72. The lowest BCUT2D eigenvalue weighted by Crippen LogP contribution is -2.43. The quantitative estimate of drug-likeness (QED) is 0.667. The Bertz CT molecular complexity index is 738. The van der Waals surface area contributed by atoms with Crippen LogP contribution < -0.4 is 5.84 Å². The first-order valence-corrected chi connectivity index (χ1v) is 9.29. The van der Waals surface area contributed by atoms with Gasteiger partial charge in [0.15, 0.2) is 5.82 Å². The van der Waals surface area contributed by atoms with Gasteiger partial charge in [-0.15, -0.1) is 10.2 Å². The van der Waals surface area contributed by atoms with E-state index >= 15 is 0 Å². The van der Waals surface area contributed by atoms with Crippen molar-refractivity contribution in [2.45, 2.75) is 25.4 Å². The summed E-state index contributed by atoms with van der Waals surface area (Å²) >= 11 is 1.27. The van der Waals surface area contributed by atoms with Gasteiger partial charge in [0, 0.05) is 18.7 Å². The molecule has 2 N–H and O–H groups in total. The Hall–Kier alpha value is -2.09. The summed E-state index contributed by atoms with van der Waals surface area (Å²) in [4.78, 5) is 14.4. The topological polar surface area (TPSA) is 77.0 Å². The minimum atomic E-state index is -0.322. The average molecular weight is 363 g/mol. The molecule has 8 heteroatoms. The molecule has 2 atom stereocenters. The van der Waals surface area contributed by atoms with Crippen molar-refractivity contribution >= 4 is 17.7 Å². The van der Waals surface area contributed by atoms with Crippen LogP contribution in [0.25, 0.3) is 11.4 Å². The van der Waals surface area contributed by atoms with E-state index in [0.717, 1.165) is 19.5 Å². The fourth-order valence-electron chi connectivity index (χ4n) is 3.26.